The molecule has 1 saturated carbocycles. The van der Waals surface area contributed by atoms with Crippen molar-refractivity contribution in [2.24, 2.45) is 11.7 Å². The van der Waals surface area contributed by atoms with Gasteiger partial charge >= 0.3 is 0 Å². The van der Waals surface area contributed by atoms with E-state index in [-0.39, 0.29) is 6.04 Å². The van der Waals surface area contributed by atoms with E-state index in [1.165, 1.54) is 38.5 Å². The van der Waals surface area contributed by atoms with Gasteiger partial charge in [0.1, 0.15) is 0 Å². The highest BCUT2D eigenvalue weighted by atomic mass is 16.5. The zero-order chi connectivity index (χ0) is 11.1. The first-order valence-corrected chi connectivity index (χ1v) is 6.65. The second-order valence-electron chi connectivity index (χ2n) is 4.86. The van der Waals surface area contributed by atoms with Crippen LogP contribution in [0.15, 0.2) is 0 Å². The quantitative estimate of drug-likeness (QED) is 0.712. The van der Waals surface area contributed by atoms with Crippen molar-refractivity contribution in [1.29, 1.82) is 0 Å². The minimum Gasteiger partial charge on any atom is -0.376 e. The summed E-state index contributed by atoms with van der Waals surface area (Å²) in [5.74, 6) is 0.723. The monoisotopic (exact) mass is 213 g/mol. The summed E-state index contributed by atoms with van der Waals surface area (Å²) in [5.41, 5.74) is 6.12. The van der Waals surface area contributed by atoms with E-state index in [1.54, 1.807) is 0 Å². The number of rotatable bonds is 5. The lowest BCUT2D eigenvalue weighted by Crippen LogP contribution is -2.36. The van der Waals surface area contributed by atoms with Crippen LogP contribution in [0.3, 0.4) is 0 Å². The second kappa shape index (κ2) is 7.24. The van der Waals surface area contributed by atoms with Gasteiger partial charge < -0.3 is 10.5 Å². The maximum atomic E-state index is 6.12. The van der Waals surface area contributed by atoms with Gasteiger partial charge in [0.25, 0.3) is 0 Å². The van der Waals surface area contributed by atoms with Gasteiger partial charge in [-0.25, -0.2) is 0 Å². The molecule has 1 rings (SSSR count). The number of hydrogen-bond donors (Lipinski definition) is 1. The molecule has 1 aliphatic carbocycles. The summed E-state index contributed by atoms with van der Waals surface area (Å²) >= 11 is 0. The summed E-state index contributed by atoms with van der Waals surface area (Å²) in [5, 5.41) is 0. The fourth-order valence-electron chi connectivity index (χ4n) is 2.29. The first kappa shape index (κ1) is 13.0. The van der Waals surface area contributed by atoms with Crippen LogP contribution in [0.4, 0.5) is 0 Å². The standard InChI is InChI=1S/C13H27NO/c1-3-11(4-2)10-15-13-9-7-5-6-8-12(13)14/h11-13H,3-10,14H2,1-2H3. The molecule has 2 N–H and O–H groups in total. The third-order valence-corrected chi connectivity index (χ3v) is 3.70. The highest BCUT2D eigenvalue weighted by Crippen LogP contribution is 2.20. The minimum absolute atomic E-state index is 0.280. The van der Waals surface area contributed by atoms with Crippen LogP contribution in [-0.2, 0) is 4.74 Å². The zero-order valence-corrected chi connectivity index (χ0v) is 10.4. The molecular weight excluding hydrogens is 186 g/mol. The predicted molar refractivity (Wildman–Crippen MR) is 64.9 cm³/mol. The molecule has 0 radical (unpaired) electrons. The molecule has 0 amide bonds. The van der Waals surface area contributed by atoms with Gasteiger partial charge in [-0.05, 0) is 18.8 Å². The summed E-state index contributed by atoms with van der Waals surface area (Å²) < 4.78 is 5.99. The highest BCUT2D eigenvalue weighted by molar-refractivity contribution is 4.77. The molecule has 0 saturated heterocycles. The van der Waals surface area contributed by atoms with E-state index in [2.05, 4.69) is 13.8 Å². The van der Waals surface area contributed by atoms with Crippen molar-refractivity contribution in [3.8, 4) is 0 Å². The molecule has 0 heterocycles. The van der Waals surface area contributed by atoms with Gasteiger partial charge in [-0.3, -0.25) is 0 Å². The molecule has 2 nitrogen and oxygen atoms in total. The Balaban J connectivity index is 2.28. The van der Waals surface area contributed by atoms with Crippen LogP contribution in [-0.4, -0.2) is 18.8 Å². The number of hydrogen-bond acceptors (Lipinski definition) is 2. The normalized spacial score (nSPS) is 28.0. The average molecular weight is 213 g/mol. The molecule has 0 aromatic heterocycles. The van der Waals surface area contributed by atoms with E-state index in [0.717, 1.165) is 18.9 Å². The summed E-state index contributed by atoms with van der Waals surface area (Å²) in [7, 11) is 0. The van der Waals surface area contributed by atoms with Crippen LogP contribution >= 0.6 is 0 Å². The van der Waals surface area contributed by atoms with Gasteiger partial charge in [-0.15, -0.1) is 0 Å². The lowest BCUT2D eigenvalue weighted by atomic mass is 10.0. The molecule has 2 heteroatoms. The first-order chi connectivity index (χ1) is 7.27. The predicted octanol–water partition coefficient (Wildman–Crippen LogP) is 3.10. The minimum atomic E-state index is 0.280. The van der Waals surface area contributed by atoms with Crippen LogP contribution in [0, 0.1) is 5.92 Å². The molecule has 1 fully saturated rings. The molecule has 0 aromatic carbocycles. The molecule has 0 aliphatic heterocycles. The smallest absolute Gasteiger partial charge is 0.0726 e. The topological polar surface area (TPSA) is 35.2 Å². The van der Waals surface area contributed by atoms with Crippen molar-refractivity contribution >= 4 is 0 Å². The van der Waals surface area contributed by atoms with Crippen LogP contribution < -0.4 is 5.73 Å². The fourth-order valence-corrected chi connectivity index (χ4v) is 2.29. The van der Waals surface area contributed by atoms with E-state index >= 15 is 0 Å². The average Bonchev–Trinajstić information content (AvgIpc) is 2.45. The van der Waals surface area contributed by atoms with Crippen LogP contribution in [0.2, 0.25) is 0 Å². The molecule has 90 valence electrons. The molecule has 2 atom stereocenters. The molecule has 0 bridgehead atoms. The fraction of sp³-hybridized carbons (Fsp3) is 1.00. The third-order valence-electron chi connectivity index (χ3n) is 3.70. The van der Waals surface area contributed by atoms with E-state index in [0.29, 0.717) is 6.10 Å². The summed E-state index contributed by atoms with van der Waals surface area (Å²) in [6.07, 6.45) is 8.99. The number of ether oxygens (including phenoxy) is 1. The zero-order valence-electron chi connectivity index (χ0n) is 10.4. The highest BCUT2D eigenvalue weighted by Gasteiger charge is 2.21. The summed E-state index contributed by atoms with van der Waals surface area (Å²) in [6, 6.07) is 0.280. The van der Waals surface area contributed by atoms with Crippen LogP contribution in [0.1, 0.15) is 58.8 Å². The Bertz CT molecular complexity index is 157. The van der Waals surface area contributed by atoms with Gasteiger partial charge in [-0.2, -0.15) is 0 Å². The van der Waals surface area contributed by atoms with Crippen molar-refractivity contribution in [3.05, 3.63) is 0 Å². The Morgan fingerprint density at radius 1 is 1.13 bits per heavy atom. The largest absolute Gasteiger partial charge is 0.376 e. The van der Waals surface area contributed by atoms with Gasteiger partial charge in [-0.1, -0.05) is 46.0 Å². The number of nitrogens with two attached hydrogens (primary N) is 1. The van der Waals surface area contributed by atoms with Crippen molar-refractivity contribution in [2.75, 3.05) is 6.61 Å². The molecule has 0 aromatic rings. The van der Waals surface area contributed by atoms with Crippen molar-refractivity contribution in [3.63, 3.8) is 0 Å². The maximum Gasteiger partial charge on any atom is 0.0726 e. The van der Waals surface area contributed by atoms with E-state index in [1.807, 2.05) is 0 Å². The Morgan fingerprint density at radius 3 is 2.47 bits per heavy atom. The molecule has 1 aliphatic rings. The maximum absolute atomic E-state index is 6.12. The lowest BCUT2D eigenvalue weighted by molar-refractivity contribution is 0.00865. The summed E-state index contributed by atoms with van der Waals surface area (Å²) in [4.78, 5) is 0. The lowest BCUT2D eigenvalue weighted by Gasteiger charge is -2.24. The van der Waals surface area contributed by atoms with Crippen molar-refractivity contribution < 1.29 is 4.74 Å². The first-order valence-electron chi connectivity index (χ1n) is 6.65. The Hall–Kier alpha value is -0.0800. The van der Waals surface area contributed by atoms with E-state index in [4.69, 9.17) is 10.5 Å². The molecule has 15 heavy (non-hydrogen) atoms. The van der Waals surface area contributed by atoms with Gasteiger partial charge in [0.05, 0.1) is 6.10 Å². The Labute approximate surface area is 94.6 Å². The van der Waals surface area contributed by atoms with Crippen LogP contribution in [0.25, 0.3) is 0 Å². The van der Waals surface area contributed by atoms with E-state index < -0.39 is 0 Å². The van der Waals surface area contributed by atoms with Crippen molar-refractivity contribution in [1.82, 2.24) is 0 Å². The second-order valence-corrected chi connectivity index (χ2v) is 4.86. The summed E-state index contributed by atoms with van der Waals surface area (Å²) in [6.45, 7) is 5.39. The molecule has 2 unspecified atom stereocenters. The Kier molecular flexibility index (Phi) is 6.26. The van der Waals surface area contributed by atoms with Gasteiger partial charge in [0.2, 0.25) is 0 Å². The van der Waals surface area contributed by atoms with Crippen molar-refractivity contribution in [2.45, 2.75) is 70.9 Å². The Morgan fingerprint density at radius 2 is 1.80 bits per heavy atom. The molecule has 0 spiro atoms. The van der Waals surface area contributed by atoms with E-state index in [9.17, 15) is 0 Å². The molecular formula is C13H27NO. The SMILES string of the molecule is CCC(CC)COC1CCCCCC1N. The third kappa shape index (κ3) is 4.52. The van der Waals surface area contributed by atoms with Gasteiger partial charge in [0, 0.05) is 12.6 Å². The van der Waals surface area contributed by atoms with Crippen LogP contribution in [0.5, 0.6) is 0 Å². The van der Waals surface area contributed by atoms with Gasteiger partial charge in [0.15, 0.2) is 0 Å².